The molecule has 1 aliphatic heterocycles. The Hall–Kier alpha value is -1.44. The van der Waals surface area contributed by atoms with Gasteiger partial charge in [-0.05, 0) is 43.0 Å². The van der Waals surface area contributed by atoms with Crippen LogP contribution in [-0.2, 0) is 10.0 Å². The number of benzene rings is 1. The van der Waals surface area contributed by atoms with E-state index in [0.717, 1.165) is 23.2 Å². The van der Waals surface area contributed by atoms with Crippen molar-refractivity contribution in [2.45, 2.75) is 31.1 Å². The molecule has 2 rings (SSSR count). The minimum Gasteiger partial charge on any atom is -0.352 e. The molecule has 0 bridgehead atoms. The lowest BCUT2D eigenvalue weighted by atomic mass is 9.99. The van der Waals surface area contributed by atoms with E-state index >= 15 is 0 Å². The Kier molecular flexibility index (Phi) is 6.98. The van der Waals surface area contributed by atoms with Crippen molar-refractivity contribution >= 4 is 15.9 Å². The van der Waals surface area contributed by atoms with Crippen molar-refractivity contribution in [2.75, 3.05) is 40.3 Å². The molecule has 0 atom stereocenters. The second-order valence-corrected chi connectivity index (χ2v) is 9.26. The number of nitrogens with one attached hydrogen (secondary N) is 2. The molecule has 1 aliphatic rings. The summed E-state index contributed by atoms with van der Waals surface area (Å²) in [6.07, 6.45) is 3.55. The molecule has 2 N–H and O–H groups in total. The molecule has 0 aliphatic carbocycles. The fraction of sp³-hybridized carbons (Fsp3) is 0.611. The Morgan fingerprint density at radius 3 is 2.36 bits per heavy atom. The van der Waals surface area contributed by atoms with E-state index in [1.807, 2.05) is 0 Å². The molecule has 0 unspecified atom stereocenters. The maximum atomic E-state index is 12.2. The van der Waals surface area contributed by atoms with E-state index in [9.17, 15) is 13.2 Å². The summed E-state index contributed by atoms with van der Waals surface area (Å²) in [5.74, 6) is 0.693. The van der Waals surface area contributed by atoms with Crippen LogP contribution in [0.5, 0.6) is 0 Å². The molecular formula is C18H30N3O3S+. The van der Waals surface area contributed by atoms with Gasteiger partial charge in [-0.15, -0.1) is 0 Å². The van der Waals surface area contributed by atoms with Crippen LogP contribution in [0.2, 0.25) is 0 Å². The van der Waals surface area contributed by atoms with Gasteiger partial charge in [-0.3, -0.25) is 4.79 Å². The third-order valence-corrected chi connectivity index (χ3v) is 6.70. The van der Waals surface area contributed by atoms with Crippen LogP contribution in [-0.4, -0.2) is 58.9 Å². The zero-order valence-corrected chi connectivity index (χ0v) is 16.2. The van der Waals surface area contributed by atoms with E-state index in [4.69, 9.17) is 0 Å². The van der Waals surface area contributed by atoms with E-state index in [1.54, 1.807) is 17.0 Å². The molecule has 0 radical (unpaired) electrons. The molecule has 0 spiro atoms. The number of quaternary nitrogens is 1. The van der Waals surface area contributed by atoms with Crippen molar-refractivity contribution in [2.24, 2.45) is 5.92 Å². The Morgan fingerprint density at radius 1 is 1.20 bits per heavy atom. The smallest absolute Gasteiger partial charge is 0.251 e. The molecule has 7 heteroatoms. The van der Waals surface area contributed by atoms with Gasteiger partial charge in [-0.25, -0.2) is 12.7 Å². The molecule has 0 aromatic heterocycles. The largest absolute Gasteiger partial charge is 0.352 e. The van der Waals surface area contributed by atoms with Crippen LogP contribution in [0.3, 0.4) is 0 Å². The molecule has 1 amide bonds. The molecule has 1 fully saturated rings. The summed E-state index contributed by atoms with van der Waals surface area (Å²) in [5, 5.41) is 2.92. The summed E-state index contributed by atoms with van der Waals surface area (Å²) in [6.45, 7) is 6.52. The van der Waals surface area contributed by atoms with Gasteiger partial charge in [0.1, 0.15) is 0 Å². The molecule has 1 saturated heterocycles. The molecule has 140 valence electrons. The number of carbonyl (C=O) groups excluding carboxylic acids is 1. The number of nitrogens with zero attached hydrogens (tertiary/aromatic N) is 1. The Balaban J connectivity index is 1.77. The number of amides is 1. The lowest BCUT2D eigenvalue weighted by Crippen LogP contribution is -3.13. The second kappa shape index (κ2) is 8.78. The Morgan fingerprint density at radius 2 is 1.80 bits per heavy atom. The summed E-state index contributed by atoms with van der Waals surface area (Å²) in [4.78, 5) is 14.0. The molecular weight excluding hydrogens is 338 g/mol. The average molecular weight is 369 g/mol. The molecule has 1 heterocycles. The van der Waals surface area contributed by atoms with Gasteiger partial charge in [0.05, 0.1) is 24.5 Å². The van der Waals surface area contributed by atoms with E-state index in [0.29, 0.717) is 12.1 Å². The second-order valence-electron chi connectivity index (χ2n) is 7.10. The highest BCUT2D eigenvalue weighted by Gasteiger charge is 2.19. The normalized spacial score (nSPS) is 21.3. The van der Waals surface area contributed by atoms with Crippen molar-refractivity contribution < 1.29 is 18.1 Å². The fourth-order valence-corrected chi connectivity index (χ4v) is 3.95. The van der Waals surface area contributed by atoms with Crippen molar-refractivity contribution in [3.8, 4) is 0 Å². The summed E-state index contributed by atoms with van der Waals surface area (Å²) in [6, 6.07) is 6.07. The highest BCUT2D eigenvalue weighted by atomic mass is 32.2. The lowest BCUT2D eigenvalue weighted by molar-refractivity contribution is -0.906. The van der Waals surface area contributed by atoms with Crippen LogP contribution in [0.15, 0.2) is 29.2 Å². The highest BCUT2D eigenvalue weighted by molar-refractivity contribution is 7.89. The van der Waals surface area contributed by atoms with Gasteiger partial charge in [-0.1, -0.05) is 6.92 Å². The standard InChI is InChI=1S/C18H29N3O3S/c1-15-9-13-21(14-10-15)12-4-11-19-18(22)16-5-7-17(8-6-16)25(23,24)20(2)3/h5-8,15H,4,9-14H2,1-3H3,(H,19,22)/p+1. The lowest BCUT2D eigenvalue weighted by Gasteiger charge is -2.27. The van der Waals surface area contributed by atoms with Crippen molar-refractivity contribution in [3.05, 3.63) is 29.8 Å². The van der Waals surface area contributed by atoms with Crippen LogP contribution < -0.4 is 10.2 Å². The van der Waals surface area contributed by atoms with E-state index < -0.39 is 10.0 Å². The Bertz CT molecular complexity index is 663. The predicted molar refractivity (Wildman–Crippen MR) is 98.2 cm³/mol. The van der Waals surface area contributed by atoms with Crippen LogP contribution >= 0.6 is 0 Å². The van der Waals surface area contributed by atoms with Crippen LogP contribution in [0, 0.1) is 5.92 Å². The van der Waals surface area contributed by atoms with Crippen LogP contribution in [0.4, 0.5) is 0 Å². The fourth-order valence-electron chi connectivity index (χ4n) is 3.05. The highest BCUT2D eigenvalue weighted by Crippen LogP contribution is 2.14. The van der Waals surface area contributed by atoms with Gasteiger partial charge in [-0.2, -0.15) is 0 Å². The molecule has 25 heavy (non-hydrogen) atoms. The first-order valence-corrected chi connectivity index (χ1v) is 10.4. The van der Waals surface area contributed by atoms with Gasteiger partial charge in [0.15, 0.2) is 0 Å². The van der Waals surface area contributed by atoms with Gasteiger partial charge < -0.3 is 10.2 Å². The predicted octanol–water partition coefficient (Wildman–Crippen LogP) is 0.372. The maximum absolute atomic E-state index is 12.2. The summed E-state index contributed by atoms with van der Waals surface area (Å²) in [7, 11) is -0.484. The first kappa shape index (κ1) is 19.9. The van der Waals surface area contributed by atoms with Crippen LogP contribution in [0.1, 0.15) is 36.5 Å². The average Bonchev–Trinajstić information content (AvgIpc) is 2.60. The maximum Gasteiger partial charge on any atom is 0.251 e. The topological polar surface area (TPSA) is 70.9 Å². The number of rotatable bonds is 7. The number of hydrogen-bond acceptors (Lipinski definition) is 3. The SMILES string of the molecule is CC1CC[NH+](CCCNC(=O)c2ccc(S(=O)(=O)N(C)C)cc2)CC1. The number of sulfonamides is 1. The summed E-state index contributed by atoms with van der Waals surface area (Å²) in [5.41, 5.74) is 0.483. The summed E-state index contributed by atoms with van der Waals surface area (Å²) < 4.78 is 25.2. The number of carbonyl (C=O) groups is 1. The van der Waals surface area contributed by atoms with Crippen molar-refractivity contribution in [1.82, 2.24) is 9.62 Å². The summed E-state index contributed by atoms with van der Waals surface area (Å²) >= 11 is 0. The quantitative estimate of drug-likeness (QED) is 0.683. The van der Waals surface area contributed by atoms with Crippen LogP contribution in [0.25, 0.3) is 0 Å². The minimum atomic E-state index is -3.46. The molecule has 1 aromatic carbocycles. The zero-order chi connectivity index (χ0) is 18.4. The van der Waals surface area contributed by atoms with E-state index in [1.165, 1.54) is 52.2 Å². The molecule has 1 aromatic rings. The van der Waals surface area contributed by atoms with Gasteiger partial charge in [0, 0.05) is 32.6 Å². The van der Waals surface area contributed by atoms with Gasteiger partial charge in [0.2, 0.25) is 10.0 Å². The molecule has 6 nitrogen and oxygen atoms in total. The Labute approximate surface area is 151 Å². The monoisotopic (exact) mass is 368 g/mol. The third-order valence-electron chi connectivity index (χ3n) is 4.87. The van der Waals surface area contributed by atoms with Gasteiger partial charge >= 0.3 is 0 Å². The third kappa shape index (κ3) is 5.52. The van der Waals surface area contributed by atoms with Gasteiger partial charge in [0.25, 0.3) is 5.91 Å². The van der Waals surface area contributed by atoms with Crippen molar-refractivity contribution in [3.63, 3.8) is 0 Å². The van der Waals surface area contributed by atoms with Crippen molar-refractivity contribution in [1.29, 1.82) is 0 Å². The first-order chi connectivity index (χ1) is 11.8. The number of likely N-dealkylation sites (tertiary alicyclic amines) is 1. The van der Waals surface area contributed by atoms with E-state index in [2.05, 4.69) is 12.2 Å². The van der Waals surface area contributed by atoms with E-state index in [-0.39, 0.29) is 10.8 Å². The first-order valence-electron chi connectivity index (χ1n) is 8.95. The minimum absolute atomic E-state index is 0.156. The number of hydrogen-bond donors (Lipinski definition) is 2. The molecule has 0 saturated carbocycles. The number of piperidine rings is 1. The zero-order valence-electron chi connectivity index (χ0n) is 15.4.